The van der Waals surface area contributed by atoms with Crippen LogP contribution < -0.4 is 4.90 Å². The van der Waals surface area contributed by atoms with E-state index in [2.05, 4.69) is 173 Å². The molecule has 3 aromatic heterocycles. The zero-order valence-electron chi connectivity index (χ0n) is 27.5. The number of hydrogen-bond donors (Lipinski definition) is 0. The molecule has 0 N–H and O–H groups in total. The first-order chi connectivity index (χ1) is 25.3. The maximum atomic E-state index is 6.76. The molecule has 0 spiro atoms. The summed E-state index contributed by atoms with van der Waals surface area (Å²) in [4.78, 5) is 2.43. The highest BCUT2D eigenvalue weighted by molar-refractivity contribution is 6.28. The molecule has 12 rings (SSSR count). The Balaban J connectivity index is 1.24. The van der Waals surface area contributed by atoms with Crippen LogP contribution in [0.1, 0.15) is 0 Å². The number of benzene rings is 9. The molecule has 0 aliphatic rings. The fourth-order valence-electron chi connectivity index (χ4n) is 9.00. The van der Waals surface area contributed by atoms with Gasteiger partial charge in [-0.25, -0.2) is 0 Å². The summed E-state index contributed by atoms with van der Waals surface area (Å²) < 4.78 is 9.21. The molecule has 3 heterocycles. The van der Waals surface area contributed by atoms with Crippen molar-refractivity contribution in [1.29, 1.82) is 0 Å². The van der Waals surface area contributed by atoms with Crippen LogP contribution >= 0.6 is 0 Å². The molecule has 0 radical (unpaired) electrons. The van der Waals surface area contributed by atoms with Gasteiger partial charge in [-0.05, 0) is 74.8 Å². The first-order valence-corrected chi connectivity index (χ1v) is 17.5. The predicted octanol–water partition coefficient (Wildman–Crippen LogP) is 13.7. The van der Waals surface area contributed by atoms with Gasteiger partial charge in [-0.2, -0.15) is 0 Å². The van der Waals surface area contributed by atoms with Crippen LogP contribution in [0.25, 0.3) is 92.4 Å². The second-order valence-electron chi connectivity index (χ2n) is 13.6. The topological polar surface area (TPSA) is 20.8 Å². The third kappa shape index (κ3) is 3.52. The van der Waals surface area contributed by atoms with Crippen LogP contribution in [-0.2, 0) is 0 Å². The number of rotatable bonds is 3. The van der Waals surface area contributed by atoms with E-state index in [1.165, 1.54) is 70.4 Å². The fraction of sp³-hybridized carbons (Fsp3) is 0. The van der Waals surface area contributed by atoms with Gasteiger partial charge in [0, 0.05) is 38.0 Å². The van der Waals surface area contributed by atoms with Gasteiger partial charge in [0.2, 0.25) is 0 Å². The largest absolute Gasteiger partial charge is 0.454 e. The van der Waals surface area contributed by atoms with Gasteiger partial charge < -0.3 is 13.7 Å². The molecule has 0 aliphatic heterocycles. The predicted molar refractivity (Wildman–Crippen MR) is 216 cm³/mol. The van der Waals surface area contributed by atoms with Crippen LogP contribution in [0, 0.1) is 0 Å². The van der Waals surface area contributed by atoms with E-state index in [1.54, 1.807) is 0 Å². The van der Waals surface area contributed by atoms with E-state index in [1.807, 2.05) is 6.07 Å². The summed E-state index contributed by atoms with van der Waals surface area (Å²) >= 11 is 0. The molecule has 236 valence electrons. The summed E-state index contributed by atoms with van der Waals surface area (Å²) in [5.74, 6) is 0. The van der Waals surface area contributed by atoms with Crippen LogP contribution in [0.4, 0.5) is 17.1 Å². The number of furan rings is 1. The van der Waals surface area contributed by atoms with Gasteiger partial charge in [0.25, 0.3) is 0 Å². The van der Waals surface area contributed by atoms with Crippen LogP contribution in [0.5, 0.6) is 0 Å². The molecule has 0 fully saturated rings. The number of para-hydroxylation sites is 4. The number of hydrogen-bond acceptors (Lipinski definition) is 2. The molecule has 3 heteroatoms. The van der Waals surface area contributed by atoms with Crippen molar-refractivity contribution >= 4 is 109 Å². The molecule has 0 unspecified atom stereocenters. The summed E-state index contributed by atoms with van der Waals surface area (Å²) in [6.45, 7) is 0. The lowest BCUT2D eigenvalue weighted by molar-refractivity contribution is 0.669. The van der Waals surface area contributed by atoms with Crippen molar-refractivity contribution in [3.05, 3.63) is 170 Å². The zero-order chi connectivity index (χ0) is 33.2. The minimum atomic E-state index is 0.876. The van der Waals surface area contributed by atoms with E-state index >= 15 is 0 Å². The van der Waals surface area contributed by atoms with Crippen molar-refractivity contribution in [2.24, 2.45) is 0 Å². The molecule has 0 bridgehead atoms. The molecule has 0 saturated carbocycles. The molecule has 0 atom stereocenters. The lowest BCUT2D eigenvalue weighted by Crippen LogP contribution is -2.10. The second-order valence-corrected chi connectivity index (χ2v) is 13.6. The molecule has 12 aromatic rings. The Hall–Kier alpha value is -6.84. The Morgan fingerprint density at radius 1 is 0.373 bits per heavy atom. The number of anilines is 3. The first-order valence-electron chi connectivity index (χ1n) is 17.5. The van der Waals surface area contributed by atoms with Gasteiger partial charge >= 0.3 is 0 Å². The van der Waals surface area contributed by atoms with E-state index in [4.69, 9.17) is 4.42 Å². The smallest absolute Gasteiger partial charge is 0.159 e. The quantitative estimate of drug-likeness (QED) is 0.178. The number of aromatic nitrogens is 1. The monoisotopic (exact) mass is 648 g/mol. The summed E-state index contributed by atoms with van der Waals surface area (Å²) in [5, 5.41) is 14.8. The highest BCUT2D eigenvalue weighted by Gasteiger charge is 2.25. The Morgan fingerprint density at radius 2 is 0.922 bits per heavy atom. The first kappa shape index (κ1) is 27.0. The molecular weight excluding hydrogens is 621 g/mol. The normalized spacial score (nSPS) is 12.3. The van der Waals surface area contributed by atoms with E-state index in [-0.39, 0.29) is 0 Å². The van der Waals surface area contributed by atoms with Crippen molar-refractivity contribution in [2.45, 2.75) is 0 Å². The minimum Gasteiger partial charge on any atom is -0.454 e. The maximum absolute atomic E-state index is 6.76. The van der Waals surface area contributed by atoms with Crippen LogP contribution in [0.15, 0.2) is 174 Å². The highest BCUT2D eigenvalue weighted by atomic mass is 16.3. The molecule has 0 saturated heterocycles. The second kappa shape index (κ2) is 9.87. The Labute approximate surface area is 292 Å². The van der Waals surface area contributed by atoms with Gasteiger partial charge in [0.15, 0.2) is 5.58 Å². The van der Waals surface area contributed by atoms with Crippen molar-refractivity contribution < 1.29 is 4.42 Å². The van der Waals surface area contributed by atoms with Gasteiger partial charge in [0.1, 0.15) is 5.58 Å². The lowest BCUT2D eigenvalue weighted by atomic mass is 9.94. The summed E-state index contributed by atoms with van der Waals surface area (Å²) in [6.07, 6.45) is 0. The molecule has 9 aromatic carbocycles. The lowest BCUT2D eigenvalue weighted by Gasteiger charge is -2.27. The van der Waals surface area contributed by atoms with Crippen LogP contribution in [0.3, 0.4) is 0 Å². The highest BCUT2D eigenvalue weighted by Crippen LogP contribution is 2.49. The van der Waals surface area contributed by atoms with Crippen LogP contribution in [0.2, 0.25) is 0 Å². The Bertz CT molecular complexity index is 3350. The average Bonchev–Trinajstić information content (AvgIpc) is 3.86. The van der Waals surface area contributed by atoms with E-state index < -0.39 is 0 Å². The zero-order valence-corrected chi connectivity index (χ0v) is 27.5. The third-order valence-electron chi connectivity index (χ3n) is 11.1. The number of nitrogens with zero attached hydrogens (tertiary/aromatic N) is 2. The fourth-order valence-corrected chi connectivity index (χ4v) is 9.00. The minimum absolute atomic E-state index is 0.876. The SMILES string of the molecule is c1ccc2c(c1)oc1c(N(c3ccc4c5ccccc5c5ccccc5c4c3)c3cccc4c3c3cccc5c6ccccc6n4c53)cccc12. The maximum Gasteiger partial charge on any atom is 0.159 e. The van der Waals surface area contributed by atoms with Crippen molar-refractivity contribution in [2.75, 3.05) is 4.90 Å². The van der Waals surface area contributed by atoms with Crippen molar-refractivity contribution in [3.63, 3.8) is 0 Å². The van der Waals surface area contributed by atoms with Crippen LogP contribution in [-0.4, -0.2) is 4.40 Å². The molecule has 51 heavy (non-hydrogen) atoms. The molecular formula is C48H28N2O. The molecule has 3 nitrogen and oxygen atoms in total. The molecule has 0 aliphatic carbocycles. The Kier molecular flexibility index (Phi) is 5.23. The summed E-state index contributed by atoms with van der Waals surface area (Å²) in [7, 11) is 0. The van der Waals surface area contributed by atoms with E-state index in [0.29, 0.717) is 0 Å². The number of fused-ring (bicyclic) bond motifs is 15. The van der Waals surface area contributed by atoms with E-state index in [0.717, 1.165) is 39.0 Å². The third-order valence-corrected chi connectivity index (χ3v) is 11.1. The summed E-state index contributed by atoms with van der Waals surface area (Å²) in [5.41, 5.74) is 8.66. The van der Waals surface area contributed by atoms with Gasteiger partial charge in [-0.1, -0.05) is 127 Å². The summed E-state index contributed by atoms with van der Waals surface area (Å²) in [6, 6.07) is 61.7. The standard InChI is InChI=1S/C48H28N2O/c1-2-14-32-30(12-1)31-13-3-4-15-33(31)40-28-29(26-27-34(32)40)49(44-24-10-19-38-36-17-6-8-25-45(36)51-48(38)44)42-22-11-23-43-46(42)39-20-9-18-37-35-16-5-7-21-41(35)50(43)47(37)39/h1-28H. The van der Waals surface area contributed by atoms with E-state index in [9.17, 15) is 0 Å². The average molecular weight is 649 g/mol. The van der Waals surface area contributed by atoms with Gasteiger partial charge in [-0.15, -0.1) is 0 Å². The molecule has 0 amide bonds. The Morgan fingerprint density at radius 3 is 1.73 bits per heavy atom. The van der Waals surface area contributed by atoms with Gasteiger partial charge in [-0.3, -0.25) is 0 Å². The van der Waals surface area contributed by atoms with Gasteiger partial charge in [0.05, 0.1) is 27.9 Å². The van der Waals surface area contributed by atoms with Crippen molar-refractivity contribution in [1.82, 2.24) is 4.40 Å². The van der Waals surface area contributed by atoms with Crippen molar-refractivity contribution in [3.8, 4) is 0 Å².